The van der Waals surface area contributed by atoms with Crippen LogP contribution in [0.15, 0.2) is 35.5 Å². The van der Waals surface area contributed by atoms with Crippen LogP contribution >= 0.6 is 0 Å². The van der Waals surface area contributed by atoms with Crippen LogP contribution in [-0.2, 0) is 10.0 Å². The number of aromatic nitrogens is 4. The van der Waals surface area contributed by atoms with Crippen molar-refractivity contribution in [3.8, 4) is 17.1 Å². The number of aromatic amines is 1. The van der Waals surface area contributed by atoms with Crippen LogP contribution in [-0.4, -0.2) is 35.7 Å². The van der Waals surface area contributed by atoms with E-state index < -0.39 is 10.0 Å². The third-order valence-corrected chi connectivity index (χ3v) is 3.86. The summed E-state index contributed by atoms with van der Waals surface area (Å²) in [6.45, 7) is 0. The van der Waals surface area contributed by atoms with E-state index in [2.05, 4.69) is 20.2 Å². The third-order valence-electron chi connectivity index (χ3n) is 2.95. The molecule has 0 saturated carbocycles. The molecule has 3 aromatic rings. The SMILES string of the molecule is COc1cc(S(N)(=O)=O)ccc1-c1nc2cnncc2[nH]1. The van der Waals surface area contributed by atoms with Gasteiger partial charge in [-0.25, -0.2) is 18.5 Å². The van der Waals surface area contributed by atoms with Gasteiger partial charge >= 0.3 is 0 Å². The summed E-state index contributed by atoms with van der Waals surface area (Å²) < 4.78 is 28.0. The van der Waals surface area contributed by atoms with E-state index in [1.807, 2.05) is 0 Å². The third kappa shape index (κ3) is 2.43. The summed E-state index contributed by atoms with van der Waals surface area (Å²) in [5.41, 5.74) is 1.98. The molecule has 0 radical (unpaired) electrons. The molecule has 3 rings (SSSR count). The van der Waals surface area contributed by atoms with Gasteiger partial charge in [-0.3, -0.25) is 0 Å². The van der Waals surface area contributed by atoms with Gasteiger partial charge in [0.15, 0.2) is 0 Å². The smallest absolute Gasteiger partial charge is 0.238 e. The van der Waals surface area contributed by atoms with Gasteiger partial charge in [-0.15, -0.1) is 0 Å². The van der Waals surface area contributed by atoms with Crippen molar-refractivity contribution in [2.45, 2.75) is 4.90 Å². The normalized spacial score (nSPS) is 11.7. The van der Waals surface area contributed by atoms with Crippen LogP contribution in [0.4, 0.5) is 0 Å². The molecule has 0 amide bonds. The minimum atomic E-state index is -3.79. The zero-order valence-electron chi connectivity index (χ0n) is 10.9. The van der Waals surface area contributed by atoms with Crippen molar-refractivity contribution in [2.24, 2.45) is 5.14 Å². The number of primary sulfonamides is 1. The molecule has 0 aliphatic carbocycles. The summed E-state index contributed by atoms with van der Waals surface area (Å²) >= 11 is 0. The number of sulfonamides is 1. The van der Waals surface area contributed by atoms with Gasteiger partial charge in [0.2, 0.25) is 10.0 Å². The average molecular weight is 305 g/mol. The Bertz CT molecular complexity index is 887. The maximum atomic E-state index is 11.4. The Kier molecular flexibility index (Phi) is 3.07. The molecule has 9 heteroatoms. The van der Waals surface area contributed by atoms with Gasteiger partial charge in [-0.1, -0.05) is 0 Å². The highest BCUT2D eigenvalue weighted by molar-refractivity contribution is 7.89. The van der Waals surface area contributed by atoms with Crippen molar-refractivity contribution in [1.29, 1.82) is 0 Å². The van der Waals surface area contributed by atoms with E-state index in [1.54, 1.807) is 12.3 Å². The number of hydrogen-bond donors (Lipinski definition) is 2. The molecule has 2 heterocycles. The van der Waals surface area contributed by atoms with E-state index in [0.717, 1.165) is 5.52 Å². The fourth-order valence-electron chi connectivity index (χ4n) is 1.95. The van der Waals surface area contributed by atoms with Crippen LogP contribution in [0.2, 0.25) is 0 Å². The Hall–Kier alpha value is -2.52. The molecule has 0 spiro atoms. The molecule has 0 fully saturated rings. The van der Waals surface area contributed by atoms with E-state index in [0.29, 0.717) is 22.7 Å². The van der Waals surface area contributed by atoms with Crippen LogP contribution in [0.5, 0.6) is 5.75 Å². The lowest BCUT2D eigenvalue weighted by Crippen LogP contribution is -2.12. The lowest BCUT2D eigenvalue weighted by atomic mass is 10.2. The summed E-state index contributed by atoms with van der Waals surface area (Å²) in [5.74, 6) is 0.874. The number of nitrogens with two attached hydrogens (primary N) is 1. The number of rotatable bonds is 3. The van der Waals surface area contributed by atoms with E-state index in [1.165, 1.54) is 25.4 Å². The monoisotopic (exact) mass is 305 g/mol. The first-order valence-corrected chi connectivity index (χ1v) is 7.41. The van der Waals surface area contributed by atoms with Crippen molar-refractivity contribution >= 4 is 21.1 Å². The zero-order chi connectivity index (χ0) is 15.0. The van der Waals surface area contributed by atoms with Crippen LogP contribution < -0.4 is 9.88 Å². The van der Waals surface area contributed by atoms with E-state index >= 15 is 0 Å². The lowest BCUT2D eigenvalue weighted by molar-refractivity contribution is 0.415. The Morgan fingerprint density at radius 2 is 2.00 bits per heavy atom. The largest absolute Gasteiger partial charge is 0.496 e. The number of fused-ring (bicyclic) bond motifs is 1. The van der Waals surface area contributed by atoms with E-state index in [-0.39, 0.29) is 4.90 Å². The molecule has 0 unspecified atom stereocenters. The summed E-state index contributed by atoms with van der Waals surface area (Å²) in [6, 6.07) is 4.34. The molecule has 0 aliphatic heterocycles. The maximum Gasteiger partial charge on any atom is 0.238 e. The van der Waals surface area contributed by atoms with Gasteiger partial charge in [-0.05, 0) is 12.1 Å². The second-order valence-electron chi connectivity index (χ2n) is 4.28. The molecular weight excluding hydrogens is 294 g/mol. The predicted octanol–water partition coefficient (Wildman–Crippen LogP) is 0.676. The molecule has 0 aliphatic rings. The first kappa shape index (κ1) is 13.5. The van der Waals surface area contributed by atoms with Gasteiger partial charge in [0.25, 0.3) is 0 Å². The number of nitrogens with one attached hydrogen (secondary N) is 1. The summed E-state index contributed by atoms with van der Waals surface area (Å²) in [4.78, 5) is 7.41. The van der Waals surface area contributed by atoms with Gasteiger partial charge in [0, 0.05) is 6.07 Å². The summed E-state index contributed by atoms with van der Waals surface area (Å²) in [6.07, 6.45) is 3.08. The molecule has 0 bridgehead atoms. The molecule has 108 valence electrons. The van der Waals surface area contributed by atoms with E-state index in [9.17, 15) is 8.42 Å². The molecule has 0 saturated heterocycles. The van der Waals surface area contributed by atoms with Crippen molar-refractivity contribution < 1.29 is 13.2 Å². The number of nitrogens with zero attached hydrogens (tertiary/aromatic N) is 3. The first-order valence-electron chi connectivity index (χ1n) is 5.86. The number of ether oxygens (including phenoxy) is 1. The molecule has 8 nitrogen and oxygen atoms in total. The van der Waals surface area contributed by atoms with Crippen molar-refractivity contribution in [1.82, 2.24) is 20.2 Å². The fraction of sp³-hybridized carbons (Fsp3) is 0.0833. The molecule has 3 N–H and O–H groups in total. The van der Waals surface area contributed by atoms with Crippen molar-refractivity contribution in [2.75, 3.05) is 7.11 Å². The lowest BCUT2D eigenvalue weighted by Gasteiger charge is -2.07. The highest BCUT2D eigenvalue weighted by Gasteiger charge is 2.15. The topological polar surface area (TPSA) is 124 Å². The molecule has 0 atom stereocenters. The Morgan fingerprint density at radius 3 is 2.67 bits per heavy atom. The van der Waals surface area contributed by atoms with Gasteiger partial charge in [-0.2, -0.15) is 10.2 Å². The average Bonchev–Trinajstić information content (AvgIpc) is 2.89. The van der Waals surface area contributed by atoms with Gasteiger partial charge in [0.05, 0.1) is 35.5 Å². The number of benzene rings is 1. The first-order chi connectivity index (χ1) is 9.99. The Balaban J connectivity index is 2.17. The van der Waals surface area contributed by atoms with Gasteiger partial charge in [0.1, 0.15) is 17.1 Å². The second kappa shape index (κ2) is 4.79. The maximum absolute atomic E-state index is 11.4. The zero-order valence-corrected chi connectivity index (χ0v) is 11.8. The molecule has 1 aromatic carbocycles. The van der Waals surface area contributed by atoms with Crippen LogP contribution in [0.3, 0.4) is 0 Å². The minimum absolute atomic E-state index is 0.0254. The number of methoxy groups -OCH3 is 1. The highest BCUT2D eigenvalue weighted by Crippen LogP contribution is 2.31. The highest BCUT2D eigenvalue weighted by atomic mass is 32.2. The number of hydrogen-bond acceptors (Lipinski definition) is 6. The summed E-state index contributed by atoms with van der Waals surface area (Å²) in [7, 11) is -2.35. The van der Waals surface area contributed by atoms with E-state index in [4.69, 9.17) is 9.88 Å². The van der Waals surface area contributed by atoms with Crippen molar-refractivity contribution in [3.63, 3.8) is 0 Å². The van der Waals surface area contributed by atoms with Crippen LogP contribution in [0, 0.1) is 0 Å². The molecule has 2 aromatic heterocycles. The number of H-pyrrole nitrogens is 1. The fourth-order valence-corrected chi connectivity index (χ4v) is 2.48. The van der Waals surface area contributed by atoms with Crippen LogP contribution in [0.1, 0.15) is 0 Å². The Morgan fingerprint density at radius 1 is 1.24 bits per heavy atom. The van der Waals surface area contributed by atoms with Gasteiger partial charge < -0.3 is 9.72 Å². The van der Waals surface area contributed by atoms with Crippen molar-refractivity contribution in [3.05, 3.63) is 30.6 Å². The standard InChI is InChI=1S/C12H11N5O3S/c1-20-11-4-7(21(13,18)19)2-3-8(11)12-16-9-5-14-15-6-10(9)17-12/h2-6H,1H3,(H,16,17)(H2,13,18,19). The Labute approximate surface area is 120 Å². The molecular formula is C12H11N5O3S. The summed E-state index contributed by atoms with van der Waals surface area (Å²) in [5, 5.41) is 12.6. The number of imidazole rings is 1. The predicted molar refractivity (Wildman–Crippen MR) is 75.0 cm³/mol. The minimum Gasteiger partial charge on any atom is -0.496 e. The quantitative estimate of drug-likeness (QED) is 0.733. The molecule has 21 heavy (non-hydrogen) atoms. The van der Waals surface area contributed by atoms with Crippen LogP contribution in [0.25, 0.3) is 22.4 Å². The second-order valence-corrected chi connectivity index (χ2v) is 5.84.